The number of halogens is 1. The summed E-state index contributed by atoms with van der Waals surface area (Å²) in [6.07, 6.45) is 4.25. The summed E-state index contributed by atoms with van der Waals surface area (Å²) in [5.41, 5.74) is 1.81. The van der Waals surface area contributed by atoms with E-state index >= 15 is 0 Å². The lowest BCUT2D eigenvalue weighted by molar-refractivity contribution is -0.169. The molecule has 9 heteroatoms. The van der Waals surface area contributed by atoms with Gasteiger partial charge in [0.05, 0.1) is 35.2 Å². The molecule has 0 radical (unpaired) electrons. The van der Waals surface area contributed by atoms with Crippen molar-refractivity contribution in [3.63, 3.8) is 0 Å². The van der Waals surface area contributed by atoms with Gasteiger partial charge in [0.1, 0.15) is 5.69 Å². The van der Waals surface area contributed by atoms with Crippen molar-refractivity contribution in [2.75, 3.05) is 19.4 Å². The first-order chi connectivity index (χ1) is 10.4. The van der Waals surface area contributed by atoms with Gasteiger partial charge in [0.25, 0.3) is 0 Å². The molecule has 2 aliphatic heterocycles. The fourth-order valence-electron chi connectivity index (χ4n) is 2.71. The van der Waals surface area contributed by atoms with Gasteiger partial charge >= 0.3 is 0 Å². The molecule has 22 heavy (non-hydrogen) atoms. The maximum Gasteiger partial charge on any atom is 0.211 e. The van der Waals surface area contributed by atoms with Crippen molar-refractivity contribution in [1.29, 1.82) is 0 Å². The van der Waals surface area contributed by atoms with Crippen molar-refractivity contribution >= 4 is 32.6 Å². The molecule has 2 aliphatic rings. The largest absolute Gasteiger partial charge is 0.353 e. The lowest BCUT2D eigenvalue weighted by Gasteiger charge is -2.25. The quantitative estimate of drug-likeness (QED) is 0.659. The van der Waals surface area contributed by atoms with Gasteiger partial charge in [-0.05, 0) is 41.9 Å². The third-order valence-electron chi connectivity index (χ3n) is 3.96. The summed E-state index contributed by atoms with van der Waals surface area (Å²) in [5, 5.41) is 4.56. The van der Waals surface area contributed by atoms with E-state index < -0.39 is 10.0 Å². The molecule has 0 bridgehead atoms. The molecule has 0 aliphatic carbocycles. The molecule has 0 amide bonds. The summed E-state index contributed by atoms with van der Waals surface area (Å²) >= 11 is 2.23. The average molecular weight is 441 g/mol. The second-order valence-electron chi connectivity index (χ2n) is 5.63. The van der Waals surface area contributed by atoms with Crippen LogP contribution < -0.4 is 0 Å². The molecule has 0 aromatic carbocycles. The lowest BCUT2D eigenvalue weighted by atomic mass is 10.2. The highest BCUT2D eigenvalue weighted by atomic mass is 127. The number of sulfonamides is 1. The van der Waals surface area contributed by atoms with Crippen molar-refractivity contribution in [1.82, 2.24) is 14.1 Å². The summed E-state index contributed by atoms with van der Waals surface area (Å²) < 4.78 is 39.1. The van der Waals surface area contributed by atoms with E-state index in [2.05, 4.69) is 27.7 Å². The standard InChI is InChI=1S/C13H20IN3O4S/c1-22(18,19)16-5-6-17-11(8-16)13(14)10(15-17)9-21-12-4-2-3-7-20-12/h12H,2-9H2,1H3. The molecule has 1 saturated heterocycles. The molecule has 1 unspecified atom stereocenters. The molecule has 124 valence electrons. The van der Waals surface area contributed by atoms with E-state index in [1.54, 1.807) is 0 Å². The zero-order chi connectivity index (χ0) is 15.7. The molecule has 1 atom stereocenters. The Morgan fingerprint density at radius 1 is 1.41 bits per heavy atom. The fraction of sp³-hybridized carbons (Fsp3) is 0.769. The van der Waals surface area contributed by atoms with Crippen molar-refractivity contribution in [2.24, 2.45) is 0 Å². The van der Waals surface area contributed by atoms with Gasteiger partial charge in [-0.3, -0.25) is 4.68 Å². The van der Waals surface area contributed by atoms with Crippen LogP contribution in [-0.4, -0.2) is 48.2 Å². The van der Waals surface area contributed by atoms with Crippen molar-refractivity contribution in [2.45, 2.75) is 45.2 Å². The van der Waals surface area contributed by atoms with E-state index in [1.165, 1.54) is 10.6 Å². The second kappa shape index (κ2) is 6.71. The van der Waals surface area contributed by atoms with Crippen LogP contribution in [0, 0.1) is 3.57 Å². The van der Waals surface area contributed by atoms with E-state index in [-0.39, 0.29) is 6.29 Å². The van der Waals surface area contributed by atoms with Crippen LogP contribution in [0.25, 0.3) is 0 Å². The normalized spacial score (nSPS) is 23.5. The fourth-order valence-corrected chi connectivity index (χ4v) is 4.19. The number of nitrogens with zero attached hydrogens (tertiary/aromatic N) is 3. The van der Waals surface area contributed by atoms with Crippen LogP contribution in [0.4, 0.5) is 0 Å². The SMILES string of the molecule is CS(=O)(=O)N1CCn2nc(COC3CCCCO3)c(I)c2C1. The minimum Gasteiger partial charge on any atom is -0.353 e. The minimum atomic E-state index is -3.17. The first-order valence-electron chi connectivity index (χ1n) is 7.37. The third kappa shape index (κ3) is 3.64. The average Bonchev–Trinajstić information content (AvgIpc) is 2.81. The first-order valence-corrected chi connectivity index (χ1v) is 10.3. The van der Waals surface area contributed by atoms with Crippen molar-refractivity contribution in [3.8, 4) is 0 Å². The smallest absolute Gasteiger partial charge is 0.211 e. The number of hydrogen-bond acceptors (Lipinski definition) is 5. The van der Waals surface area contributed by atoms with Gasteiger partial charge in [-0.2, -0.15) is 9.40 Å². The number of ether oxygens (including phenoxy) is 2. The summed E-state index contributed by atoms with van der Waals surface area (Å²) in [6.45, 7) is 2.59. The molecule has 1 fully saturated rings. The van der Waals surface area contributed by atoms with Gasteiger partial charge in [-0.25, -0.2) is 8.42 Å². The predicted octanol–water partition coefficient (Wildman–Crippen LogP) is 1.31. The summed E-state index contributed by atoms with van der Waals surface area (Å²) in [5.74, 6) is 0. The monoisotopic (exact) mass is 441 g/mol. The van der Waals surface area contributed by atoms with Crippen LogP contribution >= 0.6 is 22.6 Å². The Kier molecular flexibility index (Phi) is 5.07. The molecule has 0 N–H and O–H groups in total. The highest BCUT2D eigenvalue weighted by Gasteiger charge is 2.28. The van der Waals surface area contributed by atoms with Crippen LogP contribution in [0.3, 0.4) is 0 Å². The summed E-state index contributed by atoms with van der Waals surface area (Å²) in [7, 11) is -3.17. The van der Waals surface area contributed by atoms with Crippen LogP contribution in [0.5, 0.6) is 0 Å². The van der Waals surface area contributed by atoms with E-state index in [4.69, 9.17) is 9.47 Å². The van der Waals surface area contributed by atoms with Gasteiger partial charge in [-0.1, -0.05) is 0 Å². The minimum absolute atomic E-state index is 0.143. The van der Waals surface area contributed by atoms with E-state index in [1.807, 2.05) is 4.68 Å². The van der Waals surface area contributed by atoms with E-state index in [0.717, 1.165) is 40.8 Å². The Morgan fingerprint density at radius 3 is 2.91 bits per heavy atom. The van der Waals surface area contributed by atoms with Crippen molar-refractivity contribution in [3.05, 3.63) is 15.0 Å². The van der Waals surface area contributed by atoms with Crippen LogP contribution in [0.15, 0.2) is 0 Å². The molecular weight excluding hydrogens is 421 g/mol. The number of fused-ring (bicyclic) bond motifs is 1. The zero-order valence-corrected chi connectivity index (χ0v) is 15.5. The molecule has 0 saturated carbocycles. The highest BCUT2D eigenvalue weighted by molar-refractivity contribution is 14.1. The van der Waals surface area contributed by atoms with Gasteiger partial charge < -0.3 is 9.47 Å². The number of aromatic nitrogens is 2. The number of rotatable bonds is 4. The molecular formula is C13H20IN3O4S. The molecule has 3 rings (SSSR count). The van der Waals surface area contributed by atoms with E-state index in [9.17, 15) is 8.42 Å². The Morgan fingerprint density at radius 2 is 2.23 bits per heavy atom. The van der Waals surface area contributed by atoms with Gasteiger partial charge in [-0.15, -0.1) is 0 Å². The Bertz CT molecular complexity index is 640. The van der Waals surface area contributed by atoms with Gasteiger partial charge in [0.2, 0.25) is 10.0 Å². The summed E-state index contributed by atoms with van der Waals surface area (Å²) in [4.78, 5) is 0. The molecule has 1 aromatic heterocycles. The Balaban J connectivity index is 1.69. The Labute approximate surface area is 144 Å². The second-order valence-corrected chi connectivity index (χ2v) is 8.70. The Hall–Kier alpha value is -0.230. The van der Waals surface area contributed by atoms with Crippen molar-refractivity contribution < 1.29 is 17.9 Å². The maximum absolute atomic E-state index is 11.7. The maximum atomic E-state index is 11.7. The third-order valence-corrected chi connectivity index (χ3v) is 6.45. The topological polar surface area (TPSA) is 73.7 Å². The number of hydrogen-bond donors (Lipinski definition) is 0. The van der Waals surface area contributed by atoms with E-state index in [0.29, 0.717) is 26.2 Å². The molecule has 7 nitrogen and oxygen atoms in total. The van der Waals surface area contributed by atoms with Crippen LogP contribution in [0.2, 0.25) is 0 Å². The van der Waals surface area contributed by atoms with Crippen LogP contribution in [-0.2, 0) is 39.2 Å². The predicted molar refractivity (Wildman–Crippen MR) is 88.6 cm³/mol. The molecule has 3 heterocycles. The van der Waals surface area contributed by atoms with Gasteiger partial charge in [0.15, 0.2) is 6.29 Å². The van der Waals surface area contributed by atoms with Crippen LogP contribution in [0.1, 0.15) is 30.7 Å². The molecule has 1 aromatic rings. The zero-order valence-electron chi connectivity index (χ0n) is 12.5. The highest BCUT2D eigenvalue weighted by Crippen LogP contribution is 2.25. The van der Waals surface area contributed by atoms with Gasteiger partial charge in [0, 0.05) is 13.2 Å². The lowest BCUT2D eigenvalue weighted by Crippen LogP contribution is -2.37. The molecule has 0 spiro atoms. The summed E-state index contributed by atoms with van der Waals surface area (Å²) in [6, 6.07) is 0. The first kappa shape index (κ1) is 16.6.